The van der Waals surface area contributed by atoms with Crippen molar-refractivity contribution in [1.82, 2.24) is 9.88 Å². The standard InChI is InChI=1S/C32H42FN5O5/c1-19-6-10-30(28-22(19)4-5-25(35)24(28)17-34)11-8-23-26(16-30)36-21(14-27(23)38(29(2,39)40)32(41,42)43)7-12-31-9-3-13-37(31)18-20(33)15-31/h4-5,14,19-20,39-43H,3,6-13,15-16,18,35H2,1-2H3. The van der Waals surface area contributed by atoms with Gasteiger partial charge in [-0.2, -0.15) is 5.26 Å². The van der Waals surface area contributed by atoms with Crippen LogP contribution in [-0.2, 0) is 24.7 Å². The van der Waals surface area contributed by atoms with Crippen molar-refractivity contribution in [3.05, 3.63) is 51.8 Å². The van der Waals surface area contributed by atoms with Crippen LogP contribution < -0.4 is 10.6 Å². The van der Waals surface area contributed by atoms with E-state index in [0.717, 1.165) is 50.3 Å². The molecule has 6 rings (SSSR count). The molecule has 43 heavy (non-hydrogen) atoms. The highest BCUT2D eigenvalue weighted by Crippen LogP contribution is 2.53. The Morgan fingerprint density at radius 1 is 1.21 bits per heavy atom. The zero-order chi connectivity index (χ0) is 30.9. The minimum absolute atomic E-state index is 0.0582. The summed E-state index contributed by atoms with van der Waals surface area (Å²) >= 11 is 0. The number of rotatable bonds is 6. The van der Waals surface area contributed by atoms with Crippen molar-refractivity contribution in [1.29, 1.82) is 5.26 Å². The maximum atomic E-state index is 14.5. The summed E-state index contributed by atoms with van der Waals surface area (Å²) in [6, 6.07) is 7.72. The van der Waals surface area contributed by atoms with Crippen molar-refractivity contribution >= 4 is 11.4 Å². The number of aliphatic hydroxyl groups is 5. The first-order chi connectivity index (χ1) is 20.2. The zero-order valence-electron chi connectivity index (χ0n) is 24.9. The predicted octanol–water partition coefficient (Wildman–Crippen LogP) is 2.42. The number of alkyl halides is 1. The van der Waals surface area contributed by atoms with E-state index < -0.39 is 23.6 Å². The second-order valence-corrected chi connectivity index (χ2v) is 13.5. The average molecular weight is 596 g/mol. The fraction of sp³-hybridized carbons (Fsp3) is 0.625. The van der Waals surface area contributed by atoms with Crippen LogP contribution in [0.15, 0.2) is 18.2 Å². The van der Waals surface area contributed by atoms with E-state index in [0.29, 0.717) is 78.2 Å². The summed E-state index contributed by atoms with van der Waals surface area (Å²) in [5.41, 5.74) is 10.4. The Hall–Kier alpha value is -2.85. The second kappa shape index (κ2) is 10.4. The first-order valence-corrected chi connectivity index (χ1v) is 15.3. The van der Waals surface area contributed by atoms with E-state index in [-0.39, 0.29) is 17.1 Å². The van der Waals surface area contributed by atoms with Crippen molar-refractivity contribution in [3.63, 3.8) is 0 Å². The molecule has 2 aliphatic heterocycles. The summed E-state index contributed by atoms with van der Waals surface area (Å²) in [5, 5.41) is 62.3. The molecular formula is C32H42FN5O5. The van der Waals surface area contributed by atoms with Crippen LogP contribution in [-0.4, -0.2) is 72.2 Å². The van der Waals surface area contributed by atoms with E-state index in [1.807, 2.05) is 6.07 Å². The molecule has 0 amide bonds. The Balaban J connectivity index is 1.46. The SMILES string of the molecule is CC1CCC2(CCc3c(N(C(C)(O)O)C(O)(O)O)cc(CCC45CCCN4CC(F)C5)nc3C2)c2c1ccc(N)c2C#N. The van der Waals surface area contributed by atoms with Crippen LogP contribution in [0, 0.1) is 11.3 Å². The lowest BCUT2D eigenvalue weighted by molar-refractivity contribution is -0.345. The highest BCUT2D eigenvalue weighted by molar-refractivity contribution is 5.65. The number of anilines is 2. The monoisotopic (exact) mass is 595 g/mol. The maximum Gasteiger partial charge on any atom is 0.373 e. The molecule has 3 heterocycles. The van der Waals surface area contributed by atoms with E-state index in [4.69, 9.17) is 10.7 Å². The number of hydrogen-bond acceptors (Lipinski definition) is 10. The fourth-order valence-electron chi connectivity index (χ4n) is 8.77. The van der Waals surface area contributed by atoms with Crippen molar-refractivity contribution in [2.75, 3.05) is 23.7 Å². The van der Waals surface area contributed by atoms with Gasteiger partial charge in [-0.05, 0) is 105 Å². The summed E-state index contributed by atoms with van der Waals surface area (Å²) in [7, 11) is 0. The molecule has 1 spiro atoms. The van der Waals surface area contributed by atoms with E-state index in [1.165, 1.54) is 0 Å². The van der Waals surface area contributed by atoms with E-state index >= 15 is 0 Å². The lowest BCUT2D eigenvalue weighted by atomic mass is 9.59. The number of halogens is 1. The average Bonchev–Trinajstić information content (AvgIpc) is 3.43. The van der Waals surface area contributed by atoms with E-state index in [9.17, 15) is 35.2 Å². The van der Waals surface area contributed by atoms with Crippen molar-refractivity contribution in [2.24, 2.45) is 0 Å². The van der Waals surface area contributed by atoms with Gasteiger partial charge in [0.25, 0.3) is 0 Å². The topological polar surface area (TPSA) is 170 Å². The maximum absolute atomic E-state index is 14.5. The molecular weight excluding hydrogens is 553 g/mol. The van der Waals surface area contributed by atoms with Gasteiger partial charge in [0.05, 0.1) is 11.3 Å². The Kier molecular flexibility index (Phi) is 7.28. The third kappa shape index (κ3) is 5.08. The van der Waals surface area contributed by atoms with Gasteiger partial charge in [-0.1, -0.05) is 13.0 Å². The molecule has 2 fully saturated rings. The Morgan fingerprint density at radius 3 is 2.67 bits per heavy atom. The number of aromatic nitrogens is 1. The van der Waals surface area contributed by atoms with Gasteiger partial charge < -0.3 is 31.3 Å². The molecule has 4 unspecified atom stereocenters. The van der Waals surface area contributed by atoms with E-state index in [1.54, 1.807) is 12.1 Å². The summed E-state index contributed by atoms with van der Waals surface area (Å²) in [5.74, 6) is -2.58. The first kappa shape index (κ1) is 30.2. The number of nitriles is 1. The molecule has 1 aromatic carbocycles. The highest BCUT2D eigenvalue weighted by atomic mass is 19.1. The van der Waals surface area contributed by atoms with Crippen LogP contribution in [0.2, 0.25) is 0 Å². The molecule has 11 heteroatoms. The Morgan fingerprint density at radius 2 is 1.98 bits per heavy atom. The largest absolute Gasteiger partial charge is 0.398 e. The van der Waals surface area contributed by atoms with Crippen LogP contribution >= 0.6 is 0 Å². The molecule has 4 atom stereocenters. The molecule has 7 N–H and O–H groups in total. The quantitative estimate of drug-likeness (QED) is 0.215. The van der Waals surface area contributed by atoms with Crippen molar-refractivity contribution in [3.8, 4) is 6.07 Å². The predicted molar refractivity (Wildman–Crippen MR) is 157 cm³/mol. The van der Waals surface area contributed by atoms with Gasteiger partial charge in [-0.15, -0.1) is 0 Å². The van der Waals surface area contributed by atoms with Gasteiger partial charge in [-0.25, -0.2) is 9.29 Å². The lowest BCUT2D eigenvalue weighted by Crippen LogP contribution is -2.61. The van der Waals surface area contributed by atoms with Crippen LogP contribution in [0.3, 0.4) is 0 Å². The zero-order valence-corrected chi connectivity index (χ0v) is 24.9. The summed E-state index contributed by atoms with van der Waals surface area (Å²) in [6.45, 7) is 4.38. The van der Waals surface area contributed by atoms with Crippen LogP contribution in [0.4, 0.5) is 15.8 Å². The summed E-state index contributed by atoms with van der Waals surface area (Å²) in [6.07, 6.45) is 2.15. The van der Waals surface area contributed by atoms with Gasteiger partial charge in [-0.3, -0.25) is 9.88 Å². The van der Waals surface area contributed by atoms with Gasteiger partial charge in [0.1, 0.15) is 12.2 Å². The first-order valence-electron chi connectivity index (χ1n) is 15.3. The minimum Gasteiger partial charge on any atom is -0.398 e. The molecule has 1 aromatic heterocycles. The Labute approximate surface area is 251 Å². The molecule has 2 aromatic rings. The summed E-state index contributed by atoms with van der Waals surface area (Å²) < 4.78 is 14.5. The second-order valence-electron chi connectivity index (χ2n) is 13.5. The van der Waals surface area contributed by atoms with Gasteiger partial charge in [0.2, 0.25) is 5.91 Å². The normalized spacial score (nSPS) is 28.8. The number of aryl methyl sites for hydroxylation is 1. The van der Waals surface area contributed by atoms with Gasteiger partial charge >= 0.3 is 6.10 Å². The number of hydrogen-bond donors (Lipinski definition) is 6. The highest BCUT2D eigenvalue weighted by Gasteiger charge is 2.50. The molecule has 10 nitrogen and oxygen atoms in total. The molecule has 2 saturated heterocycles. The lowest BCUT2D eigenvalue weighted by Gasteiger charge is -2.46. The van der Waals surface area contributed by atoms with Gasteiger partial charge in [0.15, 0.2) is 0 Å². The number of benzene rings is 1. The minimum atomic E-state index is -3.58. The third-order valence-electron chi connectivity index (χ3n) is 10.7. The van der Waals surface area contributed by atoms with E-state index in [2.05, 4.69) is 17.9 Å². The molecule has 0 saturated carbocycles. The Bertz CT molecular complexity index is 1450. The molecule has 4 aliphatic rings. The summed E-state index contributed by atoms with van der Waals surface area (Å²) in [4.78, 5) is 7.68. The number of pyridine rings is 1. The number of nitrogens with zero attached hydrogens (tertiary/aromatic N) is 4. The molecule has 2 aliphatic carbocycles. The number of fused-ring (bicyclic) bond motifs is 4. The van der Waals surface area contributed by atoms with Crippen molar-refractivity contribution in [2.45, 2.75) is 113 Å². The van der Waals surface area contributed by atoms with Crippen molar-refractivity contribution < 1.29 is 29.9 Å². The molecule has 0 bridgehead atoms. The molecule has 232 valence electrons. The fourth-order valence-corrected chi connectivity index (χ4v) is 8.77. The smallest absolute Gasteiger partial charge is 0.373 e. The van der Waals surface area contributed by atoms with Crippen LogP contribution in [0.25, 0.3) is 0 Å². The van der Waals surface area contributed by atoms with Crippen LogP contribution in [0.5, 0.6) is 0 Å². The van der Waals surface area contributed by atoms with Gasteiger partial charge in [0, 0.05) is 41.5 Å². The number of nitrogen functional groups attached to an aromatic ring is 1. The van der Waals surface area contributed by atoms with Crippen LogP contribution in [0.1, 0.15) is 98.4 Å². The third-order valence-corrected chi connectivity index (χ3v) is 10.7. The number of nitrogens with two attached hydrogens (primary N) is 1. The molecule has 0 radical (unpaired) electrons.